The number of thiophene rings is 1. The summed E-state index contributed by atoms with van der Waals surface area (Å²) in [5.74, 6) is -0.573. The summed E-state index contributed by atoms with van der Waals surface area (Å²) in [4.78, 5) is 12.6. The first-order valence-corrected chi connectivity index (χ1v) is 11.2. The van der Waals surface area contributed by atoms with Crippen molar-refractivity contribution in [2.24, 2.45) is 0 Å². The molecule has 146 valence electrons. The smallest absolute Gasteiger partial charge is 0.267 e. The van der Waals surface area contributed by atoms with Gasteiger partial charge in [0.2, 0.25) is 0 Å². The van der Waals surface area contributed by atoms with Gasteiger partial charge in [0.1, 0.15) is 9.77 Å². The predicted octanol–water partition coefficient (Wildman–Crippen LogP) is 5.79. The summed E-state index contributed by atoms with van der Waals surface area (Å²) in [6.07, 6.45) is 0. The number of nitrogens with one attached hydrogen (secondary N) is 1. The molecule has 3 aromatic rings. The van der Waals surface area contributed by atoms with E-state index in [-0.39, 0.29) is 9.77 Å². The Morgan fingerprint density at radius 3 is 2.18 bits per heavy atom. The van der Waals surface area contributed by atoms with Gasteiger partial charge in [-0.2, -0.15) is 0 Å². The van der Waals surface area contributed by atoms with Crippen LogP contribution in [0.5, 0.6) is 0 Å². The highest BCUT2D eigenvalue weighted by atomic mass is 35.5. The molecule has 0 bridgehead atoms. The first-order valence-electron chi connectivity index (χ1n) is 7.78. The lowest BCUT2D eigenvalue weighted by atomic mass is 10.3. The van der Waals surface area contributed by atoms with E-state index in [1.807, 2.05) is 0 Å². The first-order chi connectivity index (χ1) is 13.2. The number of amides is 1. The van der Waals surface area contributed by atoms with Crippen LogP contribution in [0.3, 0.4) is 0 Å². The standard InChI is InChI=1S/C18H13Cl3N2O3S2/c1-23(15-4-2-11(19)3-5-15)28(25,26)16-6-7-27-17(16)18(24)22-14-9-12(20)8-13(21)10-14/h2-10H,1H3,(H,22,24). The molecule has 0 aliphatic heterocycles. The Morgan fingerprint density at radius 2 is 1.57 bits per heavy atom. The molecule has 1 aromatic heterocycles. The molecule has 0 atom stereocenters. The number of sulfonamides is 1. The van der Waals surface area contributed by atoms with Crippen molar-refractivity contribution in [1.82, 2.24) is 0 Å². The lowest BCUT2D eigenvalue weighted by molar-refractivity contribution is 0.102. The summed E-state index contributed by atoms with van der Waals surface area (Å²) in [5.41, 5.74) is 0.786. The molecule has 5 nitrogen and oxygen atoms in total. The molecular weight excluding hydrogens is 463 g/mol. The third-order valence-corrected chi connectivity index (χ3v) is 7.34. The molecule has 3 rings (SSSR count). The van der Waals surface area contributed by atoms with E-state index in [1.165, 1.54) is 31.3 Å². The Balaban J connectivity index is 1.91. The molecule has 2 aromatic carbocycles. The molecule has 28 heavy (non-hydrogen) atoms. The number of anilines is 2. The van der Waals surface area contributed by atoms with E-state index in [0.29, 0.717) is 26.4 Å². The van der Waals surface area contributed by atoms with Crippen LogP contribution < -0.4 is 9.62 Å². The first kappa shape index (κ1) is 21.0. The highest BCUT2D eigenvalue weighted by Gasteiger charge is 2.28. The van der Waals surface area contributed by atoms with Gasteiger partial charge in [-0.3, -0.25) is 9.10 Å². The molecule has 0 saturated heterocycles. The minimum atomic E-state index is -3.96. The van der Waals surface area contributed by atoms with Crippen LogP contribution in [-0.2, 0) is 10.0 Å². The highest BCUT2D eigenvalue weighted by molar-refractivity contribution is 7.93. The summed E-state index contributed by atoms with van der Waals surface area (Å²) >= 11 is 18.8. The average molecular weight is 476 g/mol. The van der Waals surface area contributed by atoms with Gasteiger partial charge in [0.25, 0.3) is 15.9 Å². The van der Waals surface area contributed by atoms with Gasteiger partial charge >= 0.3 is 0 Å². The monoisotopic (exact) mass is 474 g/mol. The van der Waals surface area contributed by atoms with Gasteiger partial charge in [0, 0.05) is 27.8 Å². The number of carbonyl (C=O) groups excluding carboxylic acids is 1. The van der Waals surface area contributed by atoms with Gasteiger partial charge in [0.05, 0.1) is 5.69 Å². The molecule has 0 saturated carbocycles. The van der Waals surface area contributed by atoms with E-state index in [0.717, 1.165) is 15.6 Å². The zero-order valence-corrected chi connectivity index (χ0v) is 18.2. The largest absolute Gasteiger partial charge is 0.321 e. The SMILES string of the molecule is CN(c1ccc(Cl)cc1)S(=O)(=O)c1ccsc1C(=O)Nc1cc(Cl)cc(Cl)c1. The normalized spacial score (nSPS) is 11.3. The number of carbonyl (C=O) groups is 1. The molecular formula is C18H13Cl3N2O3S2. The summed E-state index contributed by atoms with van der Waals surface area (Å²) in [5, 5.41) is 5.36. The summed E-state index contributed by atoms with van der Waals surface area (Å²) in [6, 6.07) is 12.3. The summed E-state index contributed by atoms with van der Waals surface area (Å²) in [7, 11) is -2.55. The molecule has 0 unspecified atom stereocenters. The third-order valence-electron chi connectivity index (χ3n) is 3.78. The van der Waals surface area contributed by atoms with E-state index in [1.54, 1.807) is 29.6 Å². The minimum absolute atomic E-state index is 0.0527. The molecule has 1 N–H and O–H groups in total. The molecule has 0 spiro atoms. The van der Waals surface area contributed by atoms with Crippen LogP contribution in [0.2, 0.25) is 15.1 Å². The number of hydrogen-bond acceptors (Lipinski definition) is 4. The predicted molar refractivity (Wildman–Crippen MR) is 116 cm³/mol. The van der Waals surface area contributed by atoms with Gasteiger partial charge in [-0.25, -0.2) is 8.42 Å². The quantitative estimate of drug-likeness (QED) is 0.508. The fraction of sp³-hybridized carbons (Fsp3) is 0.0556. The van der Waals surface area contributed by atoms with Crippen molar-refractivity contribution in [1.29, 1.82) is 0 Å². The molecule has 0 aliphatic rings. The Hall–Kier alpha value is -1.77. The van der Waals surface area contributed by atoms with Crippen molar-refractivity contribution >= 4 is 73.4 Å². The van der Waals surface area contributed by atoms with Crippen molar-refractivity contribution in [3.05, 3.63) is 73.9 Å². The Morgan fingerprint density at radius 1 is 0.964 bits per heavy atom. The maximum Gasteiger partial charge on any atom is 0.267 e. The molecule has 1 amide bonds. The van der Waals surface area contributed by atoms with E-state index < -0.39 is 15.9 Å². The van der Waals surface area contributed by atoms with Crippen molar-refractivity contribution in [3.63, 3.8) is 0 Å². The Kier molecular flexibility index (Phi) is 6.21. The van der Waals surface area contributed by atoms with Crippen LogP contribution >= 0.6 is 46.1 Å². The molecule has 10 heteroatoms. The fourth-order valence-electron chi connectivity index (χ4n) is 2.42. The lowest BCUT2D eigenvalue weighted by Crippen LogP contribution is -2.28. The topological polar surface area (TPSA) is 66.5 Å². The van der Waals surface area contributed by atoms with Crippen molar-refractivity contribution < 1.29 is 13.2 Å². The van der Waals surface area contributed by atoms with E-state index in [2.05, 4.69) is 5.32 Å². The van der Waals surface area contributed by atoms with E-state index in [9.17, 15) is 13.2 Å². The maximum atomic E-state index is 13.0. The van der Waals surface area contributed by atoms with Crippen LogP contribution in [0, 0.1) is 0 Å². The van der Waals surface area contributed by atoms with Crippen LogP contribution in [0.15, 0.2) is 58.8 Å². The zero-order valence-electron chi connectivity index (χ0n) is 14.3. The fourth-order valence-corrected chi connectivity index (χ4v) is 5.56. The minimum Gasteiger partial charge on any atom is -0.321 e. The van der Waals surface area contributed by atoms with Gasteiger partial charge in [0.15, 0.2) is 0 Å². The summed E-state index contributed by atoms with van der Waals surface area (Å²) in [6.45, 7) is 0. The number of hydrogen-bond donors (Lipinski definition) is 1. The number of benzene rings is 2. The van der Waals surface area contributed by atoms with Gasteiger partial charge in [-0.1, -0.05) is 34.8 Å². The Labute approximate surface area is 181 Å². The molecule has 0 radical (unpaired) electrons. The zero-order chi connectivity index (χ0) is 20.5. The van der Waals surface area contributed by atoms with Crippen LogP contribution in [0.1, 0.15) is 9.67 Å². The average Bonchev–Trinajstić information content (AvgIpc) is 3.11. The second kappa shape index (κ2) is 8.31. The van der Waals surface area contributed by atoms with E-state index in [4.69, 9.17) is 34.8 Å². The van der Waals surface area contributed by atoms with Gasteiger partial charge < -0.3 is 5.32 Å². The second-order valence-electron chi connectivity index (χ2n) is 5.68. The molecule has 1 heterocycles. The van der Waals surface area contributed by atoms with Crippen LogP contribution in [0.4, 0.5) is 11.4 Å². The van der Waals surface area contributed by atoms with Crippen molar-refractivity contribution in [2.45, 2.75) is 4.90 Å². The van der Waals surface area contributed by atoms with Crippen LogP contribution in [0.25, 0.3) is 0 Å². The molecule has 0 fully saturated rings. The Bertz CT molecular complexity index is 1110. The number of halogens is 3. The summed E-state index contributed by atoms with van der Waals surface area (Å²) < 4.78 is 27.2. The number of rotatable bonds is 5. The molecule has 0 aliphatic carbocycles. The number of nitrogens with zero attached hydrogens (tertiary/aromatic N) is 1. The van der Waals surface area contributed by atoms with Crippen molar-refractivity contribution in [3.8, 4) is 0 Å². The highest BCUT2D eigenvalue weighted by Crippen LogP contribution is 2.30. The van der Waals surface area contributed by atoms with Crippen LogP contribution in [-0.4, -0.2) is 21.4 Å². The maximum absolute atomic E-state index is 13.0. The van der Waals surface area contributed by atoms with Gasteiger partial charge in [-0.05, 0) is 53.9 Å². The van der Waals surface area contributed by atoms with E-state index >= 15 is 0 Å². The second-order valence-corrected chi connectivity index (χ2v) is 9.84. The third kappa shape index (κ3) is 4.45. The van der Waals surface area contributed by atoms with Gasteiger partial charge in [-0.15, -0.1) is 11.3 Å². The lowest BCUT2D eigenvalue weighted by Gasteiger charge is -2.19. The van der Waals surface area contributed by atoms with Crippen molar-refractivity contribution in [2.75, 3.05) is 16.7 Å².